The zero-order chi connectivity index (χ0) is 12.0. The first-order valence-electron chi connectivity index (χ1n) is 4.62. The van der Waals surface area contributed by atoms with E-state index in [4.69, 9.17) is 9.84 Å². The van der Waals surface area contributed by atoms with Crippen LogP contribution < -0.4 is 5.32 Å². The van der Waals surface area contributed by atoms with Gasteiger partial charge in [-0.3, -0.25) is 4.79 Å². The summed E-state index contributed by atoms with van der Waals surface area (Å²) in [6, 6.07) is 3.04. The lowest BCUT2D eigenvalue weighted by molar-refractivity contribution is -0.117. The first kappa shape index (κ1) is 12.1. The number of hydrogen-bond acceptors (Lipinski definition) is 4. The van der Waals surface area contributed by atoms with Gasteiger partial charge in [-0.15, -0.1) is 0 Å². The Morgan fingerprint density at radius 3 is 2.94 bits per heavy atom. The van der Waals surface area contributed by atoms with Crippen LogP contribution in [0.4, 0.5) is 5.69 Å². The molecule has 0 saturated carbocycles. The van der Waals surface area contributed by atoms with E-state index in [-0.39, 0.29) is 30.3 Å². The van der Waals surface area contributed by atoms with Crippen LogP contribution in [0, 0.1) is 0 Å². The molecule has 0 atom stereocenters. The van der Waals surface area contributed by atoms with Gasteiger partial charge in [0, 0.05) is 13.3 Å². The summed E-state index contributed by atoms with van der Waals surface area (Å²) in [6.45, 7) is 0.286. The van der Waals surface area contributed by atoms with E-state index < -0.39 is 5.97 Å². The van der Waals surface area contributed by atoms with Crippen molar-refractivity contribution in [2.45, 2.75) is 6.42 Å². The van der Waals surface area contributed by atoms with Crippen molar-refractivity contribution in [2.75, 3.05) is 19.0 Å². The van der Waals surface area contributed by atoms with Crippen LogP contribution in [-0.4, -0.2) is 35.7 Å². The van der Waals surface area contributed by atoms with Crippen molar-refractivity contribution in [3.63, 3.8) is 0 Å². The molecule has 86 valence electrons. The minimum absolute atomic E-state index is 0.171. The quantitative estimate of drug-likeness (QED) is 0.770. The number of carboxylic acid groups (broad SMARTS) is 1. The summed E-state index contributed by atoms with van der Waals surface area (Å²) in [4.78, 5) is 25.8. The van der Waals surface area contributed by atoms with Gasteiger partial charge in [-0.05, 0) is 12.1 Å². The number of carboxylic acids is 1. The smallest absolute Gasteiger partial charge is 0.356 e. The molecule has 1 amide bonds. The number of anilines is 1. The fraction of sp³-hybridized carbons (Fsp3) is 0.300. The predicted octanol–water partition coefficient (Wildman–Crippen LogP) is 0.755. The van der Waals surface area contributed by atoms with Crippen molar-refractivity contribution < 1.29 is 19.4 Å². The summed E-state index contributed by atoms with van der Waals surface area (Å²) in [5.41, 5.74) is 0.0179. The SMILES string of the molecule is COCCC(=O)Nc1cccnc1C(=O)O. The van der Waals surface area contributed by atoms with E-state index in [9.17, 15) is 9.59 Å². The van der Waals surface area contributed by atoms with Gasteiger partial charge in [-0.1, -0.05) is 0 Å². The molecule has 1 rings (SSSR count). The minimum atomic E-state index is -1.18. The summed E-state index contributed by atoms with van der Waals surface area (Å²) in [5, 5.41) is 11.3. The van der Waals surface area contributed by atoms with Gasteiger partial charge in [0.05, 0.1) is 18.7 Å². The van der Waals surface area contributed by atoms with Crippen molar-refractivity contribution in [2.24, 2.45) is 0 Å². The molecule has 0 bridgehead atoms. The summed E-state index contributed by atoms with van der Waals surface area (Å²) < 4.78 is 4.74. The van der Waals surface area contributed by atoms with E-state index in [1.54, 1.807) is 6.07 Å². The fourth-order valence-electron chi connectivity index (χ4n) is 1.08. The highest BCUT2D eigenvalue weighted by molar-refractivity contribution is 5.98. The first-order valence-corrected chi connectivity index (χ1v) is 4.62. The number of carbonyl (C=O) groups is 2. The number of ether oxygens (including phenoxy) is 1. The van der Waals surface area contributed by atoms with Gasteiger partial charge in [-0.2, -0.15) is 0 Å². The Balaban J connectivity index is 2.73. The molecule has 6 nitrogen and oxygen atoms in total. The maximum absolute atomic E-state index is 11.3. The molecule has 0 spiro atoms. The number of nitrogens with one attached hydrogen (secondary N) is 1. The van der Waals surface area contributed by atoms with Gasteiger partial charge in [0.2, 0.25) is 5.91 Å². The molecule has 0 aliphatic heterocycles. The van der Waals surface area contributed by atoms with E-state index in [0.717, 1.165) is 0 Å². The Hall–Kier alpha value is -1.95. The van der Waals surface area contributed by atoms with Crippen molar-refractivity contribution in [3.8, 4) is 0 Å². The lowest BCUT2D eigenvalue weighted by atomic mass is 10.3. The predicted molar refractivity (Wildman–Crippen MR) is 56.3 cm³/mol. The second kappa shape index (κ2) is 5.82. The maximum atomic E-state index is 11.3. The topological polar surface area (TPSA) is 88.5 Å². The number of hydrogen-bond donors (Lipinski definition) is 2. The highest BCUT2D eigenvalue weighted by Gasteiger charge is 2.12. The van der Waals surface area contributed by atoms with Crippen LogP contribution in [0.1, 0.15) is 16.9 Å². The third kappa shape index (κ3) is 3.32. The van der Waals surface area contributed by atoms with Crippen LogP contribution in [0.2, 0.25) is 0 Å². The molecule has 0 radical (unpaired) electrons. The maximum Gasteiger partial charge on any atom is 0.356 e. The van der Waals surface area contributed by atoms with Gasteiger partial charge >= 0.3 is 5.97 Å². The zero-order valence-electron chi connectivity index (χ0n) is 8.77. The molecule has 1 aromatic rings. The molecular weight excluding hydrogens is 212 g/mol. The number of amides is 1. The third-order valence-corrected chi connectivity index (χ3v) is 1.82. The molecule has 2 N–H and O–H groups in total. The molecule has 0 aliphatic rings. The van der Waals surface area contributed by atoms with E-state index in [0.29, 0.717) is 0 Å². The number of carbonyl (C=O) groups excluding carboxylic acids is 1. The van der Waals surface area contributed by atoms with Gasteiger partial charge in [0.25, 0.3) is 0 Å². The molecule has 1 aromatic heterocycles. The van der Waals surface area contributed by atoms with E-state index in [1.165, 1.54) is 19.4 Å². The van der Waals surface area contributed by atoms with Crippen LogP contribution in [0.3, 0.4) is 0 Å². The average molecular weight is 224 g/mol. The lowest BCUT2D eigenvalue weighted by Crippen LogP contribution is -2.16. The Labute approximate surface area is 92.3 Å². The highest BCUT2D eigenvalue weighted by Crippen LogP contribution is 2.12. The second-order valence-corrected chi connectivity index (χ2v) is 3.00. The van der Waals surface area contributed by atoms with Gasteiger partial charge in [-0.25, -0.2) is 9.78 Å². The number of methoxy groups -OCH3 is 1. The number of nitrogens with zero attached hydrogens (tertiary/aromatic N) is 1. The summed E-state index contributed by atoms with van der Waals surface area (Å²) in [5.74, 6) is -1.49. The van der Waals surface area contributed by atoms with Crippen LogP contribution in [0.5, 0.6) is 0 Å². The molecule has 0 fully saturated rings. The summed E-state index contributed by atoms with van der Waals surface area (Å²) in [7, 11) is 1.49. The average Bonchev–Trinajstić information content (AvgIpc) is 2.27. The lowest BCUT2D eigenvalue weighted by Gasteiger charge is -2.06. The Morgan fingerprint density at radius 1 is 1.56 bits per heavy atom. The number of aromatic nitrogens is 1. The minimum Gasteiger partial charge on any atom is -0.476 e. The van der Waals surface area contributed by atoms with E-state index in [1.807, 2.05) is 0 Å². The Bertz CT molecular complexity index is 392. The summed E-state index contributed by atoms with van der Waals surface area (Å²) >= 11 is 0. The molecule has 0 saturated heterocycles. The molecule has 6 heteroatoms. The standard InChI is InChI=1S/C10H12N2O4/c1-16-6-4-8(13)12-7-3-2-5-11-9(7)10(14)15/h2-3,5H,4,6H2,1H3,(H,12,13)(H,14,15). The molecule has 0 aromatic carbocycles. The molecular formula is C10H12N2O4. The Morgan fingerprint density at radius 2 is 2.31 bits per heavy atom. The van der Waals surface area contributed by atoms with E-state index >= 15 is 0 Å². The fourth-order valence-corrected chi connectivity index (χ4v) is 1.08. The van der Waals surface area contributed by atoms with Gasteiger partial charge in [0.15, 0.2) is 5.69 Å². The van der Waals surface area contributed by atoms with Gasteiger partial charge in [0.1, 0.15) is 0 Å². The number of pyridine rings is 1. The zero-order valence-corrected chi connectivity index (χ0v) is 8.77. The first-order chi connectivity index (χ1) is 7.65. The highest BCUT2D eigenvalue weighted by atomic mass is 16.5. The van der Waals surface area contributed by atoms with Gasteiger partial charge < -0.3 is 15.2 Å². The third-order valence-electron chi connectivity index (χ3n) is 1.82. The van der Waals surface area contributed by atoms with E-state index in [2.05, 4.69) is 10.3 Å². The Kier molecular flexibility index (Phi) is 4.41. The normalized spacial score (nSPS) is 9.81. The van der Waals surface area contributed by atoms with Crippen LogP contribution in [0.15, 0.2) is 18.3 Å². The largest absolute Gasteiger partial charge is 0.476 e. The number of aromatic carboxylic acids is 1. The van der Waals surface area contributed by atoms with Crippen molar-refractivity contribution in [3.05, 3.63) is 24.0 Å². The van der Waals surface area contributed by atoms with Crippen LogP contribution >= 0.6 is 0 Å². The van der Waals surface area contributed by atoms with Crippen molar-refractivity contribution >= 4 is 17.6 Å². The molecule has 0 unspecified atom stereocenters. The monoisotopic (exact) mass is 224 g/mol. The van der Waals surface area contributed by atoms with Crippen molar-refractivity contribution in [1.29, 1.82) is 0 Å². The number of rotatable bonds is 5. The molecule has 0 aliphatic carbocycles. The summed E-state index contributed by atoms with van der Waals surface area (Å²) in [6.07, 6.45) is 1.53. The second-order valence-electron chi connectivity index (χ2n) is 3.00. The van der Waals surface area contributed by atoms with Crippen LogP contribution in [0.25, 0.3) is 0 Å². The molecule has 16 heavy (non-hydrogen) atoms. The van der Waals surface area contributed by atoms with Crippen LogP contribution in [-0.2, 0) is 9.53 Å². The van der Waals surface area contributed by atoms with Crippen molar-refractivity contribution in [1.82, 2.24) is 4.98 Å². The molecule has 1 heterocycles.